The average molecular weight is 443 g/mol. The summed E-state index contributed by atoms with van der Waals surface area (Å²) in [6, 6.07) is 4.44. The molecule has 1 fully saturated rings. The molecule has 0 unspecified atom stereocenters. The molecule has 7 nitrogen and oxygen atoms in total. The summed E-state index contributed by atoms with van der Waals surface area (Å²) in [6.45, 7) is 7.38. The molecule has 1 aliphatic rings. The Hall–Kier alpha value is -2.83. The highest BCUT2D eigenvalue weighted by Gasteiger charge is 2.35. The second-order valence-electron chi connectivity index (χ2n) is 9.61. The largest absolute Gasteiger partial charge is 0.497 e. The molecule has 7 heteroatoms. The van der Waals surface area contributed by atoms with Gasteiger partial charge in [-0.15, -0.1) is 0 Å². The number of aromatic amines is 1. The van der Waals surface area contributed by atoms with Crippen LogP contribution in [0.4, 0.5) is 0 Å². The molecule has 0 saturated heterocycles. The molecule has 2 aromatic rings. The molecule has 1 atom stereocenters. The number of ether oxygens (including phenoxy) is 2. The van der Waals surface area contributed by atoms with E-state index >= 15 is 0 Å². The molecule has 1 amide bonds. The number of hydrogen-bond acceptors (Lipinski definition) is 5. The van der Waals surface area contributed by atoms with Gasteiger partial charge in [0.1, 0.15) is 17.4 Å². The van der Waals surface area contributed by atoms with Crippen molar-refractivity contribution in [1.82, 2.24) is 9.88 Å². The lowest BCUT2D eigenvalue weighted by Crippen LogP contribution is -2.50. The number of ketones is 1. The monoisotopic (exact) mass is 442 g/mol. The van der Waals surface area contributed by atoms with E-state index in [1.165, 1.54) is 11.3 Å². The Balaban J connectivity index is 1.88. The normalized spacial score (nSPS) is 15.9. The number of hydrogen-bond donors (Lipinski definition) is 1. The Morgan fingerprint density at radius 3 is 2.47 bits per heavy atom. The number of Topliss-reactive ketones (excluding diaryl/α,β-unsaturated/α-hetero) is 1. The summed E-state index contributed by atoms with van der Waals surface area (Å²) in [5.74, 6) is -0.879. The van der Waals surface area contributed by atoms with Crippen molar-refractivity contribution >= 4 is 28.6 Å². The molecule has 1 N–H and O–H groups in total. The van der Waals surface area contributed by atoms with Crippen LogP contribution in [0.1, 0.15) is 70.2 Å². The van der Waals surface area contributed by atoms with Crippen LogP contribution in [0, 0.1) is 5.92 Å². The highest BCUT2D eigenvalue weighted by atomic mass is 16.6. The maximum Gasteiger partial charge on any atom is 0.329 e. The zero-order valence-corrected chi connectivity index (χ0v) is 19.7. The van der Waals surface area contributed by atoms with Gasteiger partial charge in [0.15, 0.2) is 0 Å². The van der Waals surface area contributed by atoms with Crippen LogP contribution in [-0.2, 0) is 14.3 Å². The number of methoxy groups -OCH3 is 1. The van der Waals surface area contributed by atoms with Gasteiger partial charge in [0.05, 0.1) is 12.7 Å². The zero-order chi connectivity index (χ0) is 23.5. The lowest BCUT2D eigenvalue weighted by atomic mass is 9.88. The first-order valence-electron chi connectivity index (χ1n) is 11.3. The minimum Gasteiger partial charge on any atom is -0.497 e. The van der Waals surface area contributed by atoms with Crippen molar-refractivity contribution < 1.29 is 23.9 Å². The molecule has 174 valence electrons. The molecular formula is C25H34N2O5. The van der Waals surface area contributed by atoms with Crippen molar-refractivity contribution in [3.8, 4) is 5.75 Å². The van der Waals surface area contributed by atoms with Crippen LogP contribution in [-0.4, -0.2) is 52.8 Å². The standard InChI is InChI=1S/C25H34N2O5/c1-16(24(30)32-25(2,3)4)27(15-17-9-7-6-8-10-17)23(29)22(28)20-14-26-21-13-18(31-5)11-12-19(20)21/h11-14,16-17,26H,6-10,15H2,1-5H3/t16-/m1/s1. The number of nitrogens with zero attached hydrogens (tertiary/aromatic N) is 1. The van der Waals surface area contributed by atoms with Crippen LogP contribution in [0.3, 0.4) is 0 Å². The van der Waals surface area contributed by atoms with E-state index in [-0.39, 0.29) is 11.5 Å². The van der Waals surface area contributed by atoms with Gasteiger partial charge in [-0.2, -0.15) is 0 Å². The van der Waals surface area contributed by atoms with E-state index in [1.807, 2.05) is 0 Å². The molecule has 32 heavy (non-hydrogen) atoms. The predicted molar refractivity (Wildman–Crippen MR) is 123 cm³/mol. The Labute approximate surface area is 189 Å². The fourth-order valence-corrected chi connectivity index (χ4v) is 4.24. The Morgan fingerprint density at radius 2 is 1.84 bits per heavy atom. The van der Waals surface area contributed by atoms with E-state index in [1.54, 1.807) is 59.2 Å². The first-order valence-corrected chi connectivity index (χ1v) is 11.3. The van der Waals surface area contributed by atoms with Gasteiger partial charge >= 0.3 is 5.97 Å². The number of aromatic nitrogens is 1. The number of nitrogens with one attached hydrogen (secondary N) is 1. The van der Waals surface area contributed by atoms with Gasteiger partial charge in [0.25, 0.3) is 11.7 Å². The van der Waals surface area contributed by atoms with Gasteiger partial charge in [-0.05, 0) is 58.6 Å². The molecule has 0 bridgehead atoms. The average Bonchev–Trinajstić information content (AvgIpc) is 3.18. The van der Waals surface area contributed by atoms with Gasteiger partial charge in [-0.3, -0.25) is 9.59 Å². The summed E-state index contributed by atoms with van der Waals surface area (Å²) >= 11 is 0. The number of fused-ring (bicyclic) bond motifs is 1. The molecule has 3 rings (SSSR count). The summed E-state index contributed by atoms with van der Waals surface area (Å²) in [5, 5.41) is 0.645. The van der Waals surface area contributed by atoms with E-state index < -0.39 is 29.3 Å². The maximum atomic E-state index is 13.4. The summed E-state index contributed by atoms with van der Waals surface area (Å²) < 4.78 is 10.8. The second kappa shape index (κ2) is 9.76. The first-order chi connectivity index (χ1) is 15.1. The van der Waals surface area contributed by atoms with Crippen LogP contribution in [0.25, 0.3) is 10.9 Å². The van der Waals surface area contributed by atoms with Gasteiger partial charge in [0.2, 0.25) is 0 Å². The smallest absolute Gasteiger partial charge is 0.329 e. The molecule has 1 aromatic heterocycles. The lowest BCUT2D eigenvalue weighted by molar-refractivity contribution is -0.163. The fourth-order valence-electron chi connectivity index (χ4n) is 4.24. The van der Waals surface area contributed by atoms with Gasteiger partial charge in [-0.25, -0.2) is 4.79 Å². The minimum absolute atomic E-state index is 0.276. The molecule has 1 saturated carbocycles. The highest BCUT2D eigenvalue weighted by Crippen LogP contribution is 2.27. The van der Waals surface area contributed by atoms with Crippen molar-refractivity contribution in [3.63, 3.8) is 0 Å². The number of amides is 1. The van der Waals surface area contributed by atoms with Crippen LogP contribution in [0.2, 0.25) is 0 Å². The van der Waals surface area contributed by atoms with E-state index in [9.17, 15) is 14.4 Å². The number of esters is 1. The fraction of sp³-hybridized carbons (Fsp3) is 0.560. The van der Waals surface area contributed by atoms with Crippen molar-refractivity contribution in [3.05, 3.63) is 30.0 Å². The Morgan fingerprint density at radius 1 is 1.16 bits per heavy atom. The molecular weight excluding hydrogens is 408 g/mol. The number of benzene rings is 1. The van der Waals surface area contributed by atoms with Crippen LogP contribution in [0.5, 0.6) is 5.75 Å². The predicted octanol–water partition coefficient (Wildman–Crippen LogP) is 4.50. The lowest BCUT2D eigenvalue weighted by Gasteiger charge is -2.34. The third-order valence-electron chi connectivity index (χ3n) is 5.98. The van der Waals surface area contributed by atoms with E-state index in [2.05, 4.69) is 4.98 Å². The van der Waals surface area contributed by atoms with Gasteiger partial charge in [0, 0.05) is 29.7 Å². The molecule has 0 radical (unpaired) electrons. The minimum atomic E-state index is -0.849. The third-order valence-corrected chi connectivity index (χ3v) is 5.98. The van der Waals surface area contributed by atoms with Crippen LogP contribution >= 0.6 is 0 Å². The molecule has 0 spiro atoms. The maximum absolute atomic E-state index is 13.4. The molecule has 1 heterocycles. The number of carbonyl (C=O) groups is 3. The van der Waals surface area contributed by atoms with E-state index in [0.29, 0.717) is 23.2 Å². The van der Waals surface area contributed by atoms with Crippen molar-refractivity contribution in [2.75, 3.05) is 13.7 Å². The van der Waals surface area contributed by atoms with E-state index in [0.717, 1.165) is 25.7 Å². The highest BCUT2D eigenvalue weighted by molar-refractivity contribution is 6.45. The molecule has 1 aromatic carbocycles. The quantitative estimate of drug-likeness (QED) is 0.387. The van der Waals surface area contributed by atoms with E-state index in [4.69, 9.17) is 9.47 Å². The second-order valence-corrected chi connectivity index (χ2v) is 9.61. The number of H-pyrrole nitrogens is 1. The van der Waals surface area contributed by atoms with Crippen molar-refractivity contribution in [1.29, 1.82) is 0 Å². The van der Waals surface area contributed by atoms with Crippen LogP contribution < -0.4 is 4.74 Å². The summed E-state index contributed by atoms with van der Waals surface area (Å²) in [4.78, 5) is 43.9. The van der Waals surface area contributed by atoms with Crippen LogP contribution in [0.15, 0.2) is 24.4 Å². The zero-order valence-electron chi connectivity index (χ0n) is 19.7. The number of carbonyl (C=O) groups excluding carboxylic acids is 3. The Kier molecular flexibility index (Phi) is 7.26. The topological polar surface area (TPSA) is 88.7 Å². The van der Waals surface area contributed by atoms with Crippen molar-refractivity contribution in [2.45, 2.75) is 71.4 Å². The summed E-state index contributed by atoms with van der Waals surface area (Å²) in [6.07, 6.45) is 6.92. The van der Waals surface area contributed by atoms with Gasteiger partial charge in [-0.1, -0.05) is 19.3 Å². The number of rotatable bonds is 7. The third kappa shape index (κ3) is 5.50. The SMILES string of the molecule is COc1ccc2c(C(=O)C(=O)N(CC3CCCCC3)[C@H](C)C(=O)OC(C)(C)C)c[nH]c2c1. The first kappa shape index (κ1) is 23.8. The van der Waals surface area contributed by atoms with Crippen molar-refractivity contribution in [2.24, 2.45) is 5.92 Å². The Bertz CT molecular complexity index is 982. The molecule has 1 aliphatic carbocycles. The summed E-state index contributed by atoms with van der Waals surface area (Å²) in [5.41, 5.74) is 0.322. The van der Waals surface area contributed by atoms with Gasteiger partial charge < -0.3 is 19.4 Å². The summed E-state index contributed by atoms with van der Waals surface area (Å²) in [7, 11) is 1.57. The molecule has 0 aliphatic heterocycles.